The number of nitrogens with zero attached hydrogens (tertiary/aromatic N) is 3. The van der Waals surface area contributed by atoms with Gasteiger partial charge in [0, 0.05) is 18.8 Å². The van der Waals surface area contributed by atoms with E-state index < -0.39 is 0 Å². The summed E-state index contributed by atoms with van der Waals surface area (Å²) in [7, 11) is 0. The van der Waals surface area contributed by atoms with Gasteiger partial charge in [-0.15, -0.1) is 0 Å². The lowest BCUT2D eigenvalue weighted by atomic mass is 10.1. The van der Waals surface area contributed by atoms with Crippen LogP contribution in [0.2, 0.25) is 0 Å². The second-order valence-electron chi connectivity index (χ2n) is 5.06. The van der Waals surface area contributed by atoms with Gasteiger partial charge in [0.2, 0.25) is 9.54 Å². The number of piperidine rings is 1. The number of nitrogens with one attached hydrogen (secondary N) is 2. The van der Waals surface area contributed by atoms with Crippen molar-refractivity contribution >= 4 is 36.3 Å². The lowest BCUT2D eigenvalue weighted by Gasteiger charge is -2.28. The van der Waals surface area contributed by atoms with Crippen molar-refractivity contribution in [1.29, 1.82) is 0 Å². The van der Waals surface area contributed by atoms with Crippen LogP contribution in [0.15, 0.2) is 29.4 Å². The van der Waals surface area contributed by atoms with E-state index in [1.54, 1.807) is 6.21 Å². The zero-order valence-electron chi connectivity index (χ0n) is 11.6. The van der Waals surface area contributed by atoms with Gasteiger partial charge in [-0.3, -0.25) is 10.2 Å². The molecule has 0 spiro atoms. The molecule has 110 valence electrons. The molecule has 2 aromatic rings. The highest BCUT2D eigenvalue weighted by Gasteiger charge is 2.10. The Hall–Kier alpha value is -1.73. The van der Waals surface area contributed by atoms with Crippen molar-refractivity contribution in [3.05, 3.63) is 39.4 Å². The average molecular weight is 319 g/mol. The number of aromatic amines is 2. The van der Waals surface area contributed by atoms with Crippen molar-refractivity contribution in [2.45, 2.75) is 19.3 Å². The number of benzene rings is 1. The maximum atomic E-state index is 5.08. The first-order chi connectivity index (χ1) is 10.2. The molecule has 0 bridgehead atoms. The van der Waals surface area contributed by atoms with E-state index in [9.17, 15) is 0 Å². The summed E-state index contributed by atoms with van der Waals surface area (Å²) in [5, 5.41) is 9.79. The highest BCUT2D eigenvalue weighted by molar-refractivity contribution is 7.72. The number of aromatic nitrogens is 3. The van der Waals surface area contributed by atoms with Crippen LogP contribution in [-0.2, 0) is 0 Å². The predicted octanol–water partition coefficient (Wildman–Crippen LogP) is 3.48. The van der Waals surface area contributed by atoms with E-state index in [-0.39, 0.29) is 0 Å². The molecular weight excluding hydrogens is 302 g/mol. The van der Waals surface area contributed by atoms with Gasteiger partial charge in [0.25, 0.3) is 0 Å². The number of anilines is 1. The van der Waals surface area contributed by atoms with E-state index in [1.165, 1.54) is 29.6 Å². The van der Waals surface area contributed by atoms with Crippen molar-refractivity contribution in [2.24, 2.45) is 5.10 Å². The molecular formula is C14H17N5S2. The van der Waals surface area contributed by atoms with Gasteiger partial charge in [0.05, 0.1) is 6.21 Å². The maximum absolute atomic E-state index is 5.08. The quantitative estimate of drug-likeness (QED) is 0.673. The van der Waals surface area contributed by atoms with Gasteiger partial charge in [-0.2, -0.15) is 9.78 Å². The molecule has 0 radical (unpaired) electrons. The number of hydrogen-bond acceptors (Lipinski definition) is 4. The van der Waals surface area contributed by atoms with Gasteiger partial charge in [0.1, 0.15) is 0 Å². The molecule has 1 aliphatic heterocycles. The Morgan fingerprint density at radius 3 is 2.19 bits per heavy atom. The number of hydrogen-bond donors (Lipinski definition) is 2. The third kappa shape index (κ3) is 3.30. The molecule has 1 aromatic carbocycles. The fourth-order valence-electron chi connectivity index (χ4n) is 2.46. The van der Waals surface area contributed by atoms with Crippen molar-refractivity contribution < 1.29 is 0 Å². The normalized spacial score (nSPS) is 15.7. The molecule has 3 rings (SSSR count). The van der Waals surface area contributed by atoms with Crippen LogP contribution in [0.25, 0.3) is 0 Å². The summed E-state index contributed by atoms with van der Waals surface area (Å²) < 4.78 is 2.41. The Balaban J connectivity index is 1.75. The molecule has 5 nitrogen and oxygen atoms in total. The van der Waals surface area contributed by atoms with E-state index in [0.29, 0.717) is 9.54 Å². The molecule has 0 saturated carbocycles. The predicted molar refractivity (Wildman–Crippen MR) is 90.3 cm³/mol. The number of H-pyrrole nitrogens is 2. The van der Waals surface area contributed by atoms with E-state index >= 15 is 0 Å². The fourth-order valence-corrected chi connectivity index (χ4v) is 2.89. The van der Waals surface area contributed by atoms with Crippen LogP contribution in [-0.4, -0.2) is 34.2 Å². The second kappa shape index (κ2) is 6.36. The monoisotopic (exact) mass is 319 g/mol. The van der Waals surface area contributed by atoms with Gasteiger partial charge >= 0.3 is 0 Å². The summed E-state index contributed by atoms with van der Waals surface area (Å²) in [4.78, 5) is 2.43. The smallest absolute Gasteiger partial charge is 0.215 e. The Bertz CT molecular complexity index is 704. The van der Waals surface area contributed by atoms with Crippen LogP contribution in [0.5, 0.6) is 0 Å². The minimum atomic E-state index is 0.459. The highest BCUT2D eigenvalue weighted by Crippen LogP contribution is 2.19. The molecule has 1 aliphatic rings. The van der Waals surface area contributed by atoms with E-state index in [1.807, 2.05) is 0 Å². The fraction of sp³-hybridized carbons (Fsp3) is 0.357. The Kier molecular flexibility index (Phi) is 4.31. The Labute approximate surface area is 133 Å². The van der Waals surface area contributed by atoms with Crippen LogP contribution in [0.3, 0.4) is 0 Å². The second-order valence-corrected chi connectivity index (χ2v) is 5.83. The van der Waals surface area contributed by atoms with Crippen LogP contribution >= 0.6 is 24.4 Å². The standard InChI is InChI=1S/C14H17N5S2/c20-13-16-17-14(21)19(13)15-10-11-4-6-12(7-5-11)18-8-2-1-3-9-18/h4-7,10H,1-3,8-9H2,(H,16,20)(H,17,21)/b15-10-. The molecule has 7 heteroatoms. The minimum Gasteiger partial charge on any atom is -0.372 e. The van der Waals surface area contributed by atoms with Crippen molar-refractivity contribution in [3.8, 4) is 0 Å². The first kappa shape index (κ1) is 14.2. The Morgan fingerprint density at radius 2 is 1.57 bits per heavy atom. The first-order valence-electron chi connectivity index (χ1n) is 7.03. The lowest BCUT2D eigenvalue weighted by Crippen LogP contribution is -2.29. The summed E-state index contributed by atoms with van der Waals surface area (Å²) in [5.41, 5.74) is 2.30. The summed E-state index contributed by atoms with van der Waals surface area (Å²) >= 11 is 10.2. The van der Waals surface area contributed by atoms with E-state index in [0.717, 1.165) is 18.7 Å². The van der Waals surface area contributed by atoms with Gasteiger partial charge < -0.3 is 4.90 Å². The third-order valence-corrected chi connectivity index (χ3v) is 4.15. The van der Waals surface area contributed by atoms with Crippen molar-refractivity contribution in [1.82, 2.24) is 14.9 Å². The van der Waals surface area contributed by atoms with E-state index in [4.69, 9.17) is 24.4 Å². The van der Waals surface area contributed by atoms with Gasteiger partial charge in [-0.25, -0.2) is 0 Å². The van der Waals surface area contributed by atoms with Crippen molar-refractivity contribution in [2.75, 3.05) is 18.0 Å². The zero-order valence-corrected chi connectivity index (χ0v) is 13.2. The molecule has 1 saturated heterocycles. The average Bonchev–Trinajstić information content (AvgIpc) is 2.85. The summed E-state index contributed by atoms with van der Waals surface area (Å²) in [6, 6.07) is 8.42. The minimum absolute atomic E-state index is 0.459. The zero-order chi connectivity index (χ0) is 14.7. The van der Waals surface area contributed by atoms with Crippen LogP contribution in [0.4, 0.5) is 5.69 Å². The van der Waals surface area contributed by atoms with Crippen LogP contribution in [0.1, 0.15) is 24.8 Å². The number of rotatable bonds is 3. The van der Waals surface area contributed by atoms with Gasteiger partial charge in [-0.05, 0) is 61.4 Å². The molecule has 1 fully saturated rings. The Morgan fingerprint density at radius 1 is 0.952 bits per heavy atom. The molecule has 0 amide bonds. The lowest BCUT2D eigenvalue weighted by molar-refractivity contribution is 0.578. The van der Waals surface area contributed by atoms with Gasteiger partial charge in [0.15, 0.2) is 0 Å². The summed E-state index contributed by atoms with van der Waals surface area (Å²) in [6.45, 7) is 2.31. The highest BCUT2D eigenvalue weighted by atomic mass is 32.1. The molecule has 0 aliphatic carbocycles. The maximum Gasteiger partial charge on any atom is 0.215 e. The SMILES string of the molecule is S=c1[nH][nH]c(=S)n1/N=C\c1ccc(N2CCCCC2)cc1. The van der Waals surface area contributed by atoms with Crippen LogP contribution < -0.4 is 4.90 Å². The molecule has 2 heterocycles. The molecule has 21 heavy (non-hydrogen) atoms. The largest absolute Gasteiger partial charge is 0.372 e. The molecule has 0 atom stereocenters. The molecule has 0 unspecified atom stereocenters. The van der Waals surface area contributed by atoms with Crippen molar-refractivity contribution in [3.63, 3.8) is 0 Å². The van der Waals surface area contributed by atoms with Gasteiger partial charge in [-0.1, -0.05) is 12.1 Å². The summed E-state index contributed by atoms with van der Waals surface area (Å²) in [5.74, 6) is 0. The molecule has 1 aromatic heterocycles. The first-order valence-corrected chi connectivity index (χ1v) is 7.85. The summed E-state index contributed by atoms with van der Waals surface area (Å²) in [6.07, 6.45) is 5.67. The molecule has 2 N–H and O–H groups in total. The van der Waals surface area contributed by atoms with Crippen LogP contribution in [0, 0.1) is 9.54 Å². The third-order valence-electron chi connectivity index (χ3n) is 3.60. The topological polar surface area (TPSA) is 52.1 Å². The van der Waals surface area contributed by atoms with E-state index in [2.05, 4.69) is 44.5 Å².